The third-order valence-corrected chi connectivity index (χ3v) is 2.40. The molecule has 1 rings (SSSR count). The molecule has 0 saturated carbocycles. The Morgan fingerprint density at radius 2 is 1.79 bits per heavy atom. The molecule has 3 heteroatoms. The number of nitrogens with zero attached hydrogens (tertiary/aromatic N) is 1. The molecule has 0 aromatic heterocycles. The van der Waals surface area contributed by atoms with Gasteiger partial charge in [0, 0.05) is 6.04 Å². The van der Waals surface area contributed by atoms with Crippen molar-refractivity contribution in [2.75, 3.05) is 14.1 Å². The molecule has 0 saturated heterocycles. The van der Waals surface area contributed by atoms with Crippen molar-refractivity contribution < 1.29 is 9.90 Å². The van der Waals surface area contributed by atoms with Crippen molar-refractivity contribution in [3.63, 3.8) is 0 Å². The van der Waals surface area contributed by atoms with Crippen LogP contribution in [0.2, 0.25) is 0 Å². The Kier molecular flexibility index (Phi) is 3.25. The van der Waals surface area contributed by atoms with Gasteiger partial charge in [-0.2, -0.15) is 0 Å². The fourth-order valence-electron chi connectivity index (χ4n) is 1.20. The van der Waals surface area contributed by atoms with Gasteiger partial charge >= 0.3 is 0 Å². The number of hydrogen-bond donors (Lipinski definition) is 0. The highest BCUT2D eigenvalue weighted by atomic mass is 16.4. The van der Waals surface area contributed by atoms with Crippen molar-refractivity contribution in [3.05, 3.63) is 35.4 Å². The first-order valence-electron chi connectivity index (χ1n) is 4.50. The smallest absolute Gasteiger partial charge is 0.0715 e. The number of carboxylic acids is 1. The van der Waals surface area contributed by atoms with Gasteiger partial charge < -0.3 is 14.8 Å². The Balaban J connectivity index is 2.88. The zero-order valence-corrected chi connectivity index (χ0v) is 8.65. The van der Waals surface area contributed by atoms with Crippen LogP contribution in [0.15, 0.2) is 24.3 Å². The molecule has 76 valence electrons. The van der Waals surface area contributed by atoms with Crippen molar-refractivity contribution >= 4 is 5.97 Å². The van der Waals surface area contributed by atoms with Crippen LogP contribution < -0.4 is 5.11 Å². The van der Waals surface area contributed by atoms with Crippen molar-refractivity contribution in [3.8, 4) is 0 Å². The maximum atomic E-state index is 10.5. The van der Waals surface area contributed by atoms with E-state index in [1.165, 1.54) is 0 Å². The third-order valence-electron chi connectivity index (χ3n) is 2.40. The van der Waals surface area contributed by atoms with Crippen LogP contribution in [0.1, 0.15) is 28.9 Å². The summed E-state index contributed by atoms with van der Waals surface area (Å²) in [6, 6.07) is 7.06. The van der Waals surface area contributed by atoms with E-state index in [4.69, 9.17) is 0 Å². The van der Waals surface area contributed by atoms with Crippen molar-refractivity contribution in [1.29, 1.82) is 0 Å². The summed E-state index contributed by atoms with van der Waals surface area (Å²) in [5.41, 5.74) is 1.32. The summed E-state index contributed by atoms with van der Waals surface area (Å²) in [4.78, 5) is 12.6. The van der Waals surface area contributed by atoms with E-state index in [9.17, 15) is 9.90 Å². The van der Waals surface area contributed by atoms with Gasteiger partial charge in [0.25, 0.3) is 0 Å². The molecule has 0 aliphatic rings. The maximum Gasteiger partial charge on any atom is 0.0715 e. The van der Waals surface area contributed by atoms with E-state index < -0.39 is 5.97 Å². The van der Waals surface area contributed by atoms with Gasteiger partial charge in [-0.1, -0.05) is 24.3 Å². The topological polar surface area (TPSA) is 43.4 Å². The number of rotatable bonds is 3. The molecule has 0 spiro atoms. The van der Waals surface area contributed by atoms with E-state index in [0.717, 1.165) is 5.56 Å². The van der Waals surface area contributed by atoms with Gasteiger partial charge in [-0.05, 0) is 32.1 Å². The largest absolute Gasteiger partial charge is 0.545 e. The molecule has 1 aromatic rings. The number of benzene rings is 1. The van der Waals surface area contributed by atoms with Gasteiger partial charge in [-0.25, -0.2) is 0 Å². The molecule has 1 aromatic carbocycles. The van der Waals surface area contributed by atoms with Gasteiger partial charge in [0.05, 0.1) is 5.97 Å². The van der Waals surface area contributed by atoms with Crippen LogP contribution in [0, 0.1) is 0 Å². The molecule has 0 bridgehead atoms. The number of carbonyl (C=O) groups is 1. The van der Waals surface area contributed by atoms with E-state index in [-0.39, 0.29) is 11.6 Å². The van der Waals surface area contributed by atoms with Crippen LogP contribution in [0.3, 0.4) is 0 Å². The monoisotopic (exact) mass is 192 g/mol. The van der Waals surface area contributed by atoms with E-state index >= 15 is 0 Å². The first-order valence-corrected chi connectivity index (χ1v) is 4.50. The normalized spacial score (nSPS) is 12.9. The van der Waals surface area contributed by atoms with Gasteiger partial charge in [-0.3, -0.25) is 0 Å². The lowest BCUT2D eigenvalue weighted by atomic mass is 10.1. The molecule has 0 fully saturated rings. The molecule has 0 aliphatic heterocycles. The van der Waals surface area contributed by atoms with Crippen LogP contribution in [0.4, 0.5) is 0 Å². The molecule has 1 atom stereocenters. The zero-order chi connectivity index (χ0) is 10.7. The Bertz CT molecular complexity index is 317. The summed E-state index contributed by atoms with van der Waals surface area (Å²) in [6.07, 6.45) is 0. The van der Waals surface area contributed by atoms with Gasteiger partial charge in [0.1, 0.15) is 0 Å². The highest BCUT2D eigenvalue weighted by Crippen LogP contribution is 2.17. The molecule has 0 heterocycles. The second-order valence-electron chi connectivity index (χ2n) is 3.55. The molecule has 3 nitrogen and oxygen atoms in total. The first-order chi connectivity index (χ1) is 6.52. The Hall–Kier alpha value is -1.35. The molecule has 0 amide bonds. The average molecular weight is 192 g/mol. The number of carbonyl (C=O) groups excluding carboxylic acids is 1. The fourth-order valence-corrected chi connectivity index (χ4v) is 1.20. The molecule has 0 radical (unpaired) electrons. The third kappa shape index (κ3) is 2.33. The predicted octanol–water partition coefficient (Wildman–Crippen LogP) is 0.673. The lowest BCUT2D eigenvalue weighted by molar-refractivity contribution is -0.255. The summed E-state index contributed by atoms with van der Waals surface area (Å²) in [5, 5.41) is 10.5. The SMILES string of the molecule is CC(c1ccc(C(=O)[O-])cc1)N(C)C. The van der Waals surface area contributed by atoms with E-state index in [0.29, 0.717) is 0 Å². The minimum Gasteiger partial charge on any atom is -0.545 e. The molecular weight excluding hydrogens is 178 g/mol. The Morgan fingerprint density at radius 3 is 2.14 bits per heavy atom. The van der Waals surface area contributed by atoms with Crippen molar-refractivity contribution in [1.82, 2.24) is 4.90 Å². The van der Waals surface area contributed by atoms with Gasteiger partial charge in [0.15, 0.2) is 0 Å². The lowest BCUT2D eigenvalue weighted by Crippen LogP contribution is -2.22. The predicted molar refractivity (Wildman–Crippen MR) is 52.9 cm³/mol. The Morgan fingerprint density at radius 1 is 1.29 bits per heavy atom. The maximum absolute atomic E-state index is 10.5. The minimum absolute atomic E-state index is 0.222. The fraction of sp³-hybridized carbons (Fsp3) is 0.364. The molecular formula is C11H14NO2-. The lowest BCUT2D eigenvalue weighted by Gasteiger charge is -2.20. The highest BCUT2D eigenvalue weighted by Gasteiger charge is 2.06. The van der Waals surface area contributed by atoms with Crippen molar-refractivity contribution in [2.24, 2.45) is 0 Å². The first kappa shape index (κ1) is 10.7. The second kappa shape index (κ2) is 4.24. The van der Waals surface area contributed by atoms with Crippen LogP contribution in [0.5, 0.6) is 0 Å². The molecule has 14 heavy (non-hydrogen) atoms. The average Bonchev–Trinajstić information content (AvgIpc) is 2.16. The number of hydrogen-bond acceptors (Lipinski definition) is 3. The highest BCUT2D eigenvalue weighted by molar-refractivity contribution is 5.85. The quantitative estimate of drug-likeness (QED) is 0.707. The van der Waals surface area contributed by atoms with Crippen LogP contribution >= 0.6 is 0 Å². The number of carboxylic acid groups (broad SMARTS) is 1. The zero-order valence-electron chi connectivity index (χ0n) is 8.65. The van der Waals surface area contributed by atoms with Crippen molar-refractivity contribution in [2.45, 2.75) is 13.0 Å². The van der Waals surface area contributed by atoms with E-state index in [1.54, 1.807) is 12.1 Å². The summed E-state index contributed by atoms with van der Waals surface area (Å²) in [6.45, 7) is 2.06. The van der Waals surface area contributed by atoms with Crippen LogP contribution in [0.25, 0.3) is 0 Å². The van der Waals surface area contributed by atoms with E-state index in [2.05, 4.69) is 11.8 Å². The molecule has 0 N–H and O–H groups in total. The minimum atomic E-state index is -1.13. The molecule has 1 unspecified atom stereocenters. The molecule has 0 aliphatic carbocycles. The Labute approximate surface area is 84.0 Å². The second-order valence-corrected chi connectivity index (χ2v) is 3.55. The van der Waals surface area contributed by atoms with Gasteiger partial charge in [0.2, 0.25) is 0 Å². The van der Waals surface area contributed by atoms with Gasteiger partial charge in [-0.15, -0.1) is 0 Å². The summed E-state index contributed by atoms with van der Waals surface area (Å²) in [7, 11) is 3.97. The van der Waals surface area contributed by atoms with E-state index in [1.807, 2.05) is 26.2 Å². The van der Waals surface area contributed by atoms with Crippen LogP contribution in [-0.2, 0) is 0 Å². The standard InChI is InChI=1S/C11H15NO2/c1-8(12(2)3)9-4-6-10(7-5-9)11(13)14/h4-8H,1-3H3,(H,13,14)/p-1. The number of aromatic carboxylic acids is 1. The summed E-state index contributed by atoms with van der Waals surface area (Å²) >= 11 is 0. The van der Waals surface area contributed by atoms with Crippen LogP contribution in [-0.4, -0.2) is 25.0 Å². The summed E-state index contributed by atoms with van der Waals surface area (Å²) in [5.74, 6) is -1.13. The summed E-state index contributed by atoms with van der Waals surface area (Å²) < 4.78 is 0.